The van der Waals surface area contributed by atoms with Crippen LogP contribution in [0.1, 0.15) is 16.7 Å². The molecule has 0 aliphatic carbocycles. The van der Waals surface area contributed by atoms with Gasteiger partial charge in [-0.3, -0.25) is 0 Å². The molecule has 0 saturated carbocycles. The Bertz CT molecular complexity index is 711. The van der Waals surface area contributed by atoms with E-state index in [1.54, 1.807) is 6.20 Å². The summed E-state index contributed by atoms with van der Waals surface area (Å²) in [5.74, 6) is 0.246. The molecule has 2 rings (SSSR count). The molecule has 1 aromatic heterocycles. The first-order valence-corrected chi connectivity index (χ1v) is 7.06. The van der Waals surface area contributed by atoms with Gasteiger partial charge in [-0.05, 0) is 49.2 Å². The number of aliphatic carboxylic acids is 1. The number of carbonyl (C=O) groups is 1. The van der Waals surface area contributed by atoms with Gasteiger partial charge in [-0.15, -0.1) is 0 Å². The van der Waals surface area contributed by atoms with Crippen molar-refractivity contribution in [3.05, 3.63) is 57.7 Å². The Kier molecular flexibility index (Phi) is 4.75. The van der Waals surface area contributed by atoms with E-state index in [2.05, 4.69) is 20.9 Å². The monoisotopic (exact) mass is 347 g/mol. The number of hydrogen-bond donors (Lipinski definition) is 1. The third-order valence-corrected chi connectivity index (χ3v) is 3.32. The fraction of sp³-hybridized carbons (Fsp3) is 0.125. The fourth-order valence-corrected chi connectivity index (χ4v) is 2.08. The van der Waals surface area contributed by atoms with Crippen molar-refractivity contribution in [1.82, 2.24) is 4.98 Å². The molecule has 1 N–H and O–H groups in total. The Morgan fingerprint density at radius 1 is 1.29 bits per heavy atom. The van der Waals surface area contributed by atoms with E-state index >= 15 is 0 Å². The molecule has 0 radical (unpaired) electrons. The first-order valence-electron chi connectivity index (χ1n) is 6.27. The lowest BCUT2D eigenvalue weighted by Crippen LogP contribution is -1.94. The molecule has 0 bridgehead atoms. The summed E-state index contributed by atoms with van der Waals surface area (Å²) >= 11 is 3.41. The summed E-state index contributed by atoms with van der Waals surface area (Å²) in [4.78, 5) is 14.7. The number of carboxylic acid groups (broad SMARTS) is 1. The molecule has 0 saturated heterocycles. The average molecular weight is 348 g/mol. The highest BCUT2D eigenvalue weighted by Gasteiger charge is 2.07. The van der Waals surface area contributed by atoms with Crippen molar-refractivity contribution >= 4 is 28.0 Å². The lowest BCUT2D eigenvalue weighted by atomic mass is 10.2. The van der Waals surface area contributed by atoms with E-state index in [0.29, 0.717) is 11.4 Å². The number of aryl methyl sites for hydroxylation is 2. The number of halogens is 1. The van der Waals surface area contributed by atoms with Crippen molar-refractivity contribution in [2.45, 2.75) is 13.8 Å². The quantitative estimate of drug-likeness (QED) is 0.835. The molecule has 2 aromatic rings. The summed E-state index contributed by atoms with van der Waals surface area (Å²) in [7, 11) is 0. The highest BCUT2D eigenvalue weighted by atomic mass is 79.9. The first-order chi connectivity index (χ1) is 9.95. The summed E-state index contributed by atoms with van der Waals surface area (Å²) < 4.78 is 6.75. The van der Waals surface area contributed by atoms with E-state index in [1.165, 1.54) is 6.08 Å². The third-order valence-electron chi connectivity index (χ3n) is 2.83. The zero-order valence-electron chi connectivity index (χ0n) is 11.6. The van der Waals surface area contributed by atoms with Gasteiger partial charge in [0.1, 0.15) is 5.75 Å². The van der Waals surface area contributed by atoms with Gasteiger partial charge in [0.25, 0.3) is 0 Å². The molecule has 0 atom stereocenters. The summed E-state index contributed by atoms with van der Waals surface area (Å²) in [6, 6.07) is 7.62. The van der Waals surface area contributed by atoms with E-state index in [-0.39, 0.29) is 0 Å². The maximum absolute atomic E-state index is 10.5. The highest BCUT2D eigenvalue weighted by molar-refractivity contribution is 9.10. The normalized spacial score (nSPS) is 10.8. The van der Waals surface area contributed by atoms with Crippen LogP contribution in [-0.4, -0.2) is 16.1 Å². The van der Waals surface area contributed by atoms with Crippen LogP contribution in [0.5, 0.6) is 11.6 Å². The standard InChI is InChI=1S/C16H14BrNO3/c1-10-3-5-13(17)8-14(10)21-16-11(2)7-12(9-18-16)4-6-15(19)20/h3-9H,1-2H3,(H,19,20)/b6-4+. The van der Waals surface area contributed by atoms with Crippen LogP contribution in [0.4, 0.5) is 0 Å². The van der Waals surface area contributed by atoms with Crippen LogP contribution in [0.15, 0.2) is 41.0 Å². The van der Waals surface area contributed by atoms with Crippen LogP contribution in [0.3, 0.4) is 0 Å². The molecule has 1 aromatic carbocycles. The first kappa shape index (κ1) is 15.3. The van der Waals surface area contributed by atoms with Crippen molar-refractivity contribution in [3.8, 4) is 11.6 Å². The van der Waals surface area contributed by atoms with Crippen molar-refractivity contribution in [2.75, 3.05) is 0 Å². The van der Waals surface area contributed by atoms with Crippen molar-refractivity contribution in [2.24, 2.45) is 0 Å². The van der Waals surface area contributed by atoms with Gasteiger partial charge in [0.15, 0.2) is 0 Å². The zero-order chi connectivity index (χ0) is 15.4. The summed E-state index contributed by atoms with van der Waals surface area (Å²) in [6.45, 7) is 3.83. The van der Waals surface area contributed by atoms with Gasteiger partial charge in [-0.25, -0.2) is 9.78 Å². The van der Waals surface area contributed by atoms with Crippen LogP contribution in [0.2, 0.25) is 0 Å². The predicted molar refractivity (Wildman–Crippen MR) is 84.6 cm³/mol. The van der Waals surface area contributed by atoms with Gasteiger partial charge in [0.2, 0.25) is 5.88 Å². The number of hydrogen-bond acceptors (Lipinski definition) is 3. The van der Waals surface area contributed by atoms with E-state index in [9.17, 15) is 4.79 Å². The van der Waals surface area contributed by atoms with Gasteiger partial charge in [0.05, 0.1) is 0 Å². The Labute approximate surface area is 131 Å². The predicted octanol–water partition coefficient (Wildman–Crippen LogP) is 4.35. The van der Waals surface area contributed by atoms with Crippen molar-refractivity contribution in [1.29, 1.82) is 0 Å². The minimum absolute atomic E-state index is 0.503. The number of nitrogens with zero attached hydrogens (tertiary/aromatic N) is 1. The number of rotatable bonds is 4. The third kappa shape index (κ3) is 4.16. The molecular formula is C16H14BrNO3. The smallest absolute Gasteiger partial charge is 0.328 e. The molecule has 0 spiro atoms. The van der Waals surface area contributed by atoms with Crippen LogP contribution >= 0.6 is 15.9 Å². The second-order valence-corrected chi connectivity index (χ2v) is 5.49. The summed E-state index contributed by atoms with van der Waals surface area (Å²) in [5, 5.41) is 8.61. The molecule has 108 valence electrons. The van der Waals surface area contributed by atoms with E-state index in [4.69, 9.17) is 9.84 Å². The largest absolute Gasteiger partial charge is 0.478 e. The molecule has 4 nitrogen and oxygen atoms in total. The molecule has 0 aliphatic rings. The molecule has 1 heterocycles. The Morgan fingerprint density at radius 3 is 2.71 bits per heavy atom. The minimum Gasteiger partial charge on any atom is -0.478 e. The van der Waals surface area contributed by atoms with Crippen molar-refractivity contribution < 1.29 is 14.6 Å². The van der Waals surface area contributed by atoms with Crippen LogP contribution in [-0.2, 0) is 4.79 Å². The Morgan fingerprint density at radius 2 is 2.05 bits per heavy atom. The van der Waals surface area contributed by atoms with Gasteiger partial charge in [-0.1, -0.05) is 22.0 Å². The zero-order valence-corrected chi connectivity index (χ0v) is 13.2. The van der Waals surface area contributed by atoms with Gasteiger partial charge < -0.3 is 9.84 Å². The Hall–Kier alpha value is -2.14. The molecular weight excluding hydrogens is 334 g/mol. The van der Waals surface area contributed by atoms with Crippen LogP contribution < -0.4 is 4.74 Å². The lowest BCUT2D eigenvalue weighted by molar-refractivity contribution is -0.131. The molecule has 0 fully saturated rings. The van der Waals surface area contributed by atoms with E-state index in [1.807, 2.05) is 38.1 Å². The highest BCUT2D eigenvalue weighted by Crippen LogP contribution is 2.29. The van der Waals surface area contributed by atoms with E-state index < -0.39 is 5.97 Å². The van der Waals surface area contributed by atoms with Crippen LogP contribution in [0.25, 0.3) is 6.08 Å². The molecule has 21 heavy (non-hydrogen) atoms. The van der Waals surface area contributed by atoms with E-state index in [0.717, 1.165) is 27.4 Å². The number of aromatic nitrogens is 1. The molecule has 0 amide bonds. The summed E-state index contributed by atoms with van der Waals surface area (Å²) in [6.07, 6.45) is 4.15. The molecule has 0 unspecified atom stereocenters. The number of ether oxygens (including phenoxy) is 1. The van der Waals surface area contributed by atoms with Gasteiger partial charge >= 0.3 is 5.97 Å². The molecule has 0 aliphatic heterocycles. The molecule has 5 heteroatoms. The summed E-state index contributed by atoms with van der Waals surface area (Å²) in [5.41, 5.74) is 2.56. The second-order valence-electron chi connectivity index (χ2n) is 4.57. The van der Waals surface area contributed by atoms with Gasteiger partial charge in [-0.2, -0.15) is 0 Å². The fourth-order valence-electron chi connectivity index (χ4n) is 1.74. The average Bonchev–Trinajstić information content (AvgIpc) is 2.43. The maximum Gasteiger partial charge on any atom is 0.328 e. The lowest BCUT2D eigenvalue weighted by Gasteiger charge is -2.10. The number of carboxylic acids is 1. The maximum atomic E-state index is 10.5. The number of pyridine rings is 1. The number of benzene rings is 1. The Balaban J connectivity index is 2.25. The minimum atomic E-state index is -0.988. The van der Waals surface area contributed by atoms with Crippen molar-refractivity contribution in [3.63, 3.8) is 0 Å². The topological polar surface area (TPSA) is 59.4 Å². The van der Waals surface area contributed by atoms with Crippen LogP contribution in [0, 0.1) is 13.8 Å². The SMILES string of the molecule is Cc1ccc(Br)cc1Oc1ncc(/C=C/C(=O)O)cc1C. The van der Waals surface area contributed by atoms with Gasteiger partial charge in [0, 0.05) is 22.3 Å². The second kappa shape index (κ2) is 6.54.